The normalized spacial score (nSPS) is 10.4. The number of carbonyl (C=O) groups excluding carboxylic acids is 2. The number of hydrogen-bond donors (Lipinski definition) is 2. The van der Waals surface area contributed by atoms with E-state index in [0.29, 0.717) is 19.3 Å². The zero-order chi connectivity index (χ0) is 14.3. The highest BCUT2D eigenvalue weighted by Crippen LogP contribution is 2.19. The molecule has 0 aliphatic carbocycles. The van der Waals surface area contributed by atoms with E-state index in [-0.39, 0.29) is 11.7 Å². The molecule has 0 rings (SSSR count). The minimum absolute atomic E-state index is 0.102. The number of rotatable bonds is 13. The fourth-order valence-corrected chi connectivity index (χ4v) is 3.28. The first-order valence-corrected chi connectivity index (χ1v) is 9.37. The number of nitrogens with one attached hydrogen (secondary N) is 2. The van der Waals surface area contributed by atoms with Gasteiger partial charge in [-0.15, -0.1) is 0 Å². The van der Waals surface area contributed by atoms with E-state index in [9.17, 15) is 9.59 Å². The summed E-state index contributed by atoms with van der Waals surface area (Å²) in [6.07, 6.45) is 3.39. The molecule has 6 heteroatoms. The van der Waals surface area contributed by atoms with Gasteiger partial charge in [-0.3, -0.25) is 9.59 Å². The Morgan fingerprint density at radius 3 is 2.26 bits per heavy atom. The van der Waals surface area contributed by atoms with Crippen LogP contribution in [0.5, 0.6) is 0 Å². The van der Waals surface area contributed by atoms with Crippen molar-refractivity contribution in [3.63, 3.8) is 0 Å². The second-order valence-corrected chi connectivity index (χ2v) is 6.90. The van der Waals surface area contributed by atoms with E-state index in [4.69, 9.17) is 0 Å². The fraction of sp³-hybridized carbons (Fsp3) is 0.846. The summed E-state index contributed by atoms with van der Waals surface area (Å²) in [7, 11) is 5.55. The lowest BCUT2D eigenvalue weighted by Gasteiger charge is -2.05. The second-order valence-electron chi connectivity index (χ2n) is 4.20. The van der Waals surface area contributed by atoms with Crippen LogP contribution in [0.2, 0.25) is 0 Å². The molecule has 19 heavy (non-hydrogen) atoms. The lowest BCUT2D eigenvalue weighted by Crippen LogP contribution is -2.25. The summed E-state index contributed by atoms with van der Waals surface area (Å²) in [5.74, 6) is 2.41. The van der Waals surface area contributed by atoms with Gasteiger partial charge in [0, 0.05) is 43.9 Å². The molecule has 0 saturated carbocycles. The number of Topliss-reactive ketones (excluding diaryl/α,β-unsaturated/α-hetero) is 1. The molecule has 1 amide bonds. The number of ketones is 1. The molecule has 112 valence electrons. The lowest BCUT2D eigenvalue weighted by atomic mass is 10.1. The zero-order valence-electron chi connectivity index (χ0n) is 12.0. The molecule has 0 aliphatic heterocycles. The van der Waals surface area contributed by atoms with Crippen LogP contribution in [0.25, 0.3) is 0 Å². The van der Waals surface area contributed by atoms with Gasteiger partial charge in [-0.2, -0.15) is 0 Å². The molecule has 0 unspecified atom stereocenters. The molecule has 0 aromatic carbocycles. The van der Waals surface area contributed by atoms with E-state index < -0.39 is 0 Å². The molecule has 0 atom stereocenters. The van der Waals surface area contributed by atoms with Gasteiger partial charge in [0.15, 0.2) is 0 Å². The van der Waals surface area contributed by atoms with Crippen LogP contribution >= 0.6 is 21.6 Å². The second kappa shape index (κ2) is 14.2. The third-order valence-corrected chi connectivity index (χ3v) is 4.94. The molecule has 0 aromatic heterocycles. The Morgan fingerprint density at radius 1 is 1.00 bits per heavy atom. The highest BCUT2D eigenvalue weighted by molar-refractivity contribution is 8.76. The van der Waals surface area contributed by atoms with Gasteiger partial charge in [-0.05, 0) is 19.9 Å². The van der Waals surface area contributed by atoms with Gasteiger partial charge >= 0.3 is 0 Å². The van der Waals surface area contributed by atoms with E-state index in [2.05, 4.69) is 10.6 Å². The maximum Gasteiger partial charge on any atom is 0.220 e. The Labute approximate surface area is 124 Å². The number of hydrogen-bond acceptors (Lipinski definition) is 5. The lowest BCUT2D eigenvalue weighted by molar-refractivity contribution is -0.122. The Kier molecular flexibility index (Phi) is 14.1. The SMILES string of the molecule is CCC(=O)CCCCC(=O)NCCSSCCNC. The molecule has 0 fully saturated rings. The summed E-state index contributed by atoms with van der Waals surface area (Å²) in [5.41, 5.74) is 0. The number of amides is 1. The first kappa shape index (κ1) is 18.8. The van der Waals surface area contributed by atoms with Crippen molar-refractivity contribution in [2.75, 3.05) is 31.6 Å². The molecule has 4 nitrogen and oxygen atoms in total. The largest absolute Gasteiger partial charge is 0.355 e. The molecule has 0 spiro atoms. The first-order valence-electron chi connectivity index (χ1n) is 6.88. The van der Waals surface area contributed by atoms with Crippen molar-refractivity contribution < 1.29 is 9.59 Å². The summed E-state index contributed by atoms with van der Waals surface area (Å²) in [6, 6.07) is 0. The van der Waals surface area contributed by atoms with Crippen molar-refractivity contribution in [3.8, 4) is 0 Å². The molecule has 0 bridgehead atoms. The minimum Gasteiger partial charge on any atom is -0.355 e. The van der Waals surface area contributed by atoms with Crippen molar-refractivity contribution in [3.05, 3.63) is 0 Å². The molecule has 0 heterocycles. The van der Waals surface area contributed by atoms with Gasteiger partial charge in [-0.25, -0.2) is 0 Å². The van der Waals surface area contributed by atoms with Crippen molar-refractivity contribution >= 4 is 33.3 Å². The molecular formula is C13H26N2O2S2. The van der Waals surface area contributed by atoms with Crippen LogP contribution in [0.4, 0.5) is 0 Å². The quantitative estimate of drug-likeness (QED) is 0.404. The standard InChI is InChI=1S/C13H26N2O2S2/c1-3-12(16)6-4-5-7-13(17)15-9-11-19-18-10-8-14-2/h14H,3-11H2,1-2H3,(H,15,17). The smallest absolute Gasteiger partial charge is 0.220 e. The highest BCUT2D eigenvalue weighted by Gasteiger charge is 2.02. The van der Waals surface area contributed by atoms with Gasteiger partial charge in [0.25, 0.3) is 0 Å². The monoisotopic (exact) mass is 306 g/mol. The van der Waals surface area contributed by atoms with E-state index in [1.165, 1.54) is 0 Å². The third kappa shape index (κ3) is 14.0. The first-order chi connectivity index (χ1) is 9.20. The van der Waals surface area contributed by atoms with Gasteiger partial charge in [0.2, 0.25) is 5.91 Å². The van der Waals surface area contributed by atoms with Crippen molar-refractivity contribution in [1.82, 2.24) is 10.6 Å². The maximum atomic E-state index is 11.5. The van der Waals surface area contributed by atoms with E-state index >= 15 is 0 Å². The van der Waals surface area contributed by atoms with Gasteiger partial charge in [0.05, 0.1) is 0 Å². The van der Waals surface area contributed by atoms with Gasteiger partial charge in [-0.1, -0.05) is 28.5 Å². The van der Waals surface area contributed by atoms with Crippen LogP contribution in [0.3, 0.4) is 0 Å². The van der Waals surface area contributed by atoms with E-state index in [0.717, 1.165) is 37.4 Å². The van der Waals surface area contributed by atoms with Gasteiger partial charge < -0.3 is 10.6 Å². The molecule has 0 saturated heterocycles. The Morgan fingerprint density at radius 2 is 1.63 bits per heavy atom. The summed E-state index contributed by atoms with van der Waals surface area (Å²) in [5, 5.41) is 5.99. The van der Waals surface area contributed by atoms with E-state index in [1.807, 2.05) is 24.8 Å². The van der Waals surface area contributed by atoms with Crippen LogP contribution in [0, 0.1) is 0 Å². The van der Waals surface area contributed by atoms with Gasteiger partial charge in [0.1, 0.15) is 5.78 Å². The Bertz CT molecular complexity index is 251. The maximum absolute atomic E-state index is 11.5. The third-order valence-electron chi connectivity index (χ3n) is 2.53. The van der Waals surface area contributed by atoms with Crippen molar-refractivity contribution in [1.29, 1.82) is 0 Å². The minimum atomic E-state index is 0.102. The fourth-order valence-electron chi connectivity index (χ4n) is 1.37. The number of carbonyl (C=O) groups is 2. The molecule has 0 aromatic rings. The zero-order valence-corrected chi connectivity index (χ0v) is 13.6. The predicted octanol–water partition coefficient (Wildman–Crippen LogP) is 2.24. The van der Waals surface area contributed by atoms with Crippen LogP contribution < -0.4 is 10.6 Å². The van der Waals surface area contributed by atoms with Crippen molar-refractivity contribution in [2.24, 2.45) is 0 Å². The van der Waals surface area contributed by atoms with Crippen molar-refractivity contribution in [2.45, 2.75) is 39.0 Å². The average Bonchev–Trinajstić information content (AvgIpc) is 2.42. The summed E-state index contributed by atoms with van der Waals surface area (Å²) < 4.78 is 0. The summed E-state index contributed by atoms with van der Waals surface area (Å²) >= 11 is 0. The topological polar surface area (TPSA) is 58.2 Å². The molecule has 2 N–H and O–H groups in total. The Hall–Kier alpha value is -0.200. The average molecular weight is 306 g/mol. The summed E-state index contributed by atoms with van der Waals surface area (Å²) in [4.78, 5) is 22.5. The van der Waals surface area contributed by atoms with Crippen LogP contribution in [-0.2, 0) is 9.59 Å². The summed E-state index contributed by atoms with van der Waals surface area (Å²) in [6.45, 7) is 3.62. The molecule has 0 aliphatic rings. The Balaban J connectivity index is 3.23. The number of unbranched alkanes of at least 4 members (excludes halogenated alkanes) is 1. The molecular weight excluding hydrogens is 280 g/mol. The highest BCUT2D eigenvalue weighted by atomic mass is 33.1. The van der Waals surface area contributed by atoms with Crippen LogP contribution in [0.1, 0.15) is 39.0 Å². The molecule has 0 radical (unpaired) electrons. The van der Waals surface area contributed by atoms with E-state index in [1.54, 1.807) is 10.8 Å². The van der Waals surface area contributed by atoms with Crippen LogP contribution in [-0.4, -0.2) is 43.3 Å². The van der Waals surface area contributed by atoms with Crippen LogP contribution in [0.15, 0.2) is 0 Å². The predicted molar refractivity (Wildman–Crippen MR) is 85.6 cm³/mol.